The van der Waals surface area contributed by atoms with Gasteiger partial charge in [0.05, 0.1) is 11.9 Å². The first-order valence-corrected chi connectivity index (χ1v) is 7.01. The van der Waals surface area contributed by atoms with Gasteiger partial charge in [-0.1, -0.05) is 51.4 Å². The maximum Gasteiger partial charge on any atom is 0.268 e. The van der Waals surface area contributed by atoms with Gasteiger partial charge in [0.25, 0.3) is 5.95 Å². The van der Waals surface area contributed by atoms with Crippen molar-refractivity contribution in [2.45, 2.75) is 0 Å². The SMILES string of the molecule is Brc1cccc(/C=N/Nc2nnnn2-c2ccccc2)c1. The molecule has 0 unspecified atom stereocenters. The molecule has 2 aromatic carbocycles. The summed E-state index contributed by atoms with van der Waals surface area (Å²) in [6.45, 7) is 0. The molecule has 3 aromatic rings. The Kier molecular flexibility index (Phi) is 4.02. The maximum absolute atomic E-state index is 4.15. The number of halogens is 1. The van der Waals surface area contributed by atoms with E-state index >= 15 is 0 Å². The molecule has 0 saturated heterocycles. The van der Waals surface area contributed by atoms with Gasteiger partial charge in [0.2, 0.25) is 0 Å². The van der Waals surface area contributed by atoms with Crippen LogP contribution in [0.15, 0.2) is 64.2 Å². The van der Waals surface area contributed by atoms with Gasteiger partial charge in [0.15, 0.2) is 0 Å². The van der Waals surface area contributed by atoms with Crippen molar-refractivity contribution in [3.63, 3.8) is 0 Å². The molecule has 0 radical (unpaired) electrons. The monoisotopic (exact) mass is 342 g/mol. The second kappa shape index (κ2) is 6.27. The number of hydrogen-bond donors (Lipinski definition) is 1. The maximum atomic E-state index is 4.15. The van der Waals surface area contributed by atoms with Crippen LogP contribution in [0.2, 0.25) is 0 Å². The van der Waals surface area contributed by atoms with Crippen LogP contribution in [0.25, 0.3) is 5.69 Å². The molecule has 104 valence electrons. The predicted octanol–water partition coefficient (Wildman–Crippen LogP) is 2.87. The summed E-state index contributed by atoms with van der Waals surface area (Å²) in [6.07, 6.45) is 1.70. The van der Waals surface area contributed by atoms with Crippen LogP contribution >= 0.6 is 15.9 Å². The van der Waals surface area contributed by atoms with Crippen LogP contribution in [0.4, 0.5) is 5.95 Å². The normalized spacial score (nSPS) is 10.9. The van der Waals surface area contributed by atoms with Crippen LogP contribution in [0.1, 0.15) is 5.56 Å². The zero-order valence-corrected chi connectivity index (χ0v) is 12.5. The van der Waals surface area contributed by atoms with E-state index in [1.807, 2.05) is 54.6 Å². The molecule has 7 heteroatoms. The number of hydrogen-bond acceptors (Lipinski definition) is 5. The molecular formula is C14H11BrN6. The highest BCUT2D eigenvalue weighted by molar-refractivity contribution is 9.10. The number of nitrogens with zero attached hydrogens (tertiary/aromatic N) is 5. The van der Waals surface area contributed by atoms with Crippen molar-refractivity contribution in [1.29, 1.82) is 0 Å². The first kappa shape index (κ1) is 13.4. The number of tetrazole rings is 1. The van der Waals surface area contributed by atoms with Crippen molar-refractivity contribution >= 4 is 28.1 Å². The third-order valence-electron chi connectivity index (χ3n) is 2.70. The number of nitrogens with one attached hydrogen (secondary N) is 1. The molecule has 0 bridgehead atoms. The molecule has 0 aliphatic rings. The summed E-state index contributed by atoms with van der Waals surface area (Å²) in [5.41, 5.74) is 4.67. The molecule has 1 N–H and O–H groups in total. The van der Waals surface area contributed by atoms with Gasteiger partial charge in [-0.2, -0.15) is 9.78 Å². The van der Waals surface area contributed by atoms with Crippen LogP contribution in [-0.2, 0) is 0 Å². The van der Waals surface area contributed by atoms with Crippen molar-refractivity contribution in [3.8, 4) is 5.69 Å². The Hall–Kier alpha value is -2.54. The fourth-order valence-electron chi connectivity index (χ4n) is 1.75. The molecule has 1 heterocycles. The smallest absolute Gasteiger partial charge is 0.244 e. The Morgan fingerprint density at radius 1 is 1.10 bits per heavy atom. The van der Waals surface area contributed by atoms with Crippen LogP contribution in [0, 0.1) is 0 Å². The minimum atomic E-state index is 0.451. The van der Waals surface area contributed by atoms with Gasteiger partial charge in [-0.25, -0.2) is 5.43 Å². The lowest BCUT2D eigenvalue weighted by Gasteiger charge is -2.02. The largest absolute Gasteiger partial charge is 0.268 e. The van der Waals surface area contributed by atoms with E-state index in [0.717, 1.165) is 15.7 Å². The molecule has 21 heavy (non-hydrogen) atoms. The highest BCUT2D eigenvalue weighted by Gasteiger charge is 2.05. The Labute approximate surface area is 129 Å². The van der Waals surface area contributed by atoms with Gasteiger partial charge in [-0.05, 0) is 40.3 Å². The highest BCUT2D eigenvalue weighted by Crippen LogP contribution is 2.11. The molecule has 3 rings (SSSR count). The molecule has 1 aromatic heterocycles. The lowest BCUT2D eigenvalue weighted by atomic mass is 10.2. The second-order valence-corrected chi connectivity index (χ2v) is 5.09. The van der Waals surface area contributed by atoms with Gasteiger partial charge in [-0.3, -0.25) is 0 Å². The van der Waals surface area contributed by atoms with Crippen molar-refractivity contribution in [2.24, 2.45) is 5.10 Å². The summed E-state index contributed by atoms with van der Waals surface area (Å²) in [5, 5.41) is 15.7. The molecule has 0 aliphatic carbocycles. The predicted molar refractivity (Wildman–Crippen MR) is 84.5 cm³/mol. The average molecular weight is 343 g/mol. The Morgan fingerprint density at radius 2 is 1.95 bits per heavy atom. The van der Waals surface area contributed by atoms with Gasteiger partial charge in [0.1, 0.15) is 0 Å². The van der Waals surface area contributed by atoms with Crippen LogP contribution in [0.3, 0.4) is 0 Å². The van der Waals surface area contributed by atoms with Crippen molar-refractivity contribution < 1.29 is 0 Å². The fourth-order valence-corrected chi connectivity index (χ4v) is 2.17. The Balaban J connectivity index is 1.76. The minimum Gasteiger partial charge on any atom is -0.244 e. The van der Waals surface area contributed by atoms with E-state index in [4.69, 9.17) is 0 Å². The Bertz CT molecular complexity index is 753. The van der Waals surface area contributed by atoms with Crippen molar-refractivity contribution in [1.82, 2.24) is 20.2 Å². The molecule has 0 atom stereocenters. The van der Waals surface area contributed by atoms with E-state index in [2.05, 4.69) is 42.0 Å². The Morgan fingerprint density at radius 3 is 2.76 bits per heavy atom. The summed E-state index contributed by atoms with van der Waals surface area (Å²) < 4.78 is 2.58. The molecular weight excluding hydrogens is 332 g/mol. The zero-order chi connectivity index (χ0) is 14.5. The number of benzene rings is 2. The quantitative estimate of drug-likeness (QED) is 0.584. The number of aromatic nitrogens is 4. The number of anilines is 1. The number of para-hydroxylation sites is 1. The molecule has 0 spiro atoms. The van der Waals surface area contributed by atoms with Crippen LogP contribution < -0.4 is 5.43 Å². The van der Waals surface area contributed by atoms with Gasteiger partial charge in [-0.15, -0.1) is 0 Å². The summed E-state index contributed by atoms with van der Waals surface area (Å²) >= 11 is 3.42. The number of hydrazone groups is 1. The average Bonchev–Trinajstić information content (AvgIpc) is 2.97. The highest BCUT2D eigenvalue weighted by atomic mass is 79.9. The van der Waals surface area contributed by atoms with Gasteiger partial charge < -0.3 is 0 Å². The molecule has 0 fully saturated rings. The third kappa shape index (κ3) is 3.32. The topological polar surface area (TPSA) is 68.0 Å². The van der Waals surface area contributed by atoms with Crippen molar-refractivity contribution in [2.75, 3.05) is 5.43 Å². The first-order chi connectivity index (χ1) is 10.3. The number of rotatable bonds is 4. The summed E-state index contributed by atoms with van der Waals surface area (Å²) in [7, 11) is 0. The lowest BCUT2D eigenvalue weighted by molar-refractivity contribution is 0.790. The van der Waals surface area contributed by atoms with E-state index in [-0.39, 0.29) is 0 Å². The van der Waals surface area contributed by atoms with Crippen LogP contribution in [-0.4, -0.2) is 26.4 Å². The molecule has 0 saturated carbocycles. The zero-order valence-electron chi connectivity index (χ0n) is 10.9. The van der Waals surface area contributed by atoms with E-state index in [1.165, 1.54) is 0 Å². The van der Waals surface area contributed by atoms with Crippen molar-refractivity contribution in [3.05, 3.63) is 64.6 Å². The lowest BCUT2D eigenvalue weighted by Crippen LogP contribution is -2.03. The van der Waals surface area contributed by atoms with E-state index in [0.29, 0.717) is 5.95 Å². The first-order valence-electron chi connectivity index (χ1n) is 6.21. The second-order valence-electron chi connectivity index (χ2n) is 4.17. The van der Waals surface area contributed by atoms with Gasteiger partial charge >= 0.3 is 0 Å². The van der Waals surface area contributed by atoms with E-state index in [1.54, 1.807) is 10.9 Å². The van der Waals surface area contributed by atoms with Crippen LogP contribution in [0.5, 0.6) is 0 Å². The third-order valence-corrected chi connectivity index (χ3v) is 3.19. The molecule has 6 nitrogen and oxygen atoms in total. The van der Waals surface area contributed by atoms with E-state index < -0.39 is 0 Å². The standard InChI is InChI=1S/C14H11BrN6/c15-12-6-4-5-11(9-12)10-16-17-14-18-19-20-21(14)13-7-2-1-3-8-13/h1-10H,(H,17,18,20)/b16-10+. The fraction of sp³-hybridized carbons (Fsp3) is 0. The van der Waals surface area contributed by atoms with Gasteiger partial charge in [0, 0.05) is 4.47 Å². The summed E-state index contributed by atoms with van der Waals surface area (Å²) in [4.78, 5) is 0. The summed E-state index contributed by atoms with van der Waals surface area (Å²) in [5.74, 6) is 0.451. The summed E-state index contributed by atoms with van der Waals surface area (Å²) in [6, 6.07) is 17.4. The minimum absolute atomic E-state index is 0.451. The molecule has 0 aliphatic heterocycles. The molecule has 0 amide bonds. The van der Waals surface area contributed by atoms with E-state index in [9.17, 15) is 0 Å².